The van der Waals surface area contributed by atoms with Gasteiger partial charge in [-0.25, -0.2) is 0 Å². The molecule has 0 rings (SSSR count). The van der Waals surface area contributed by atoms with Crippen LogP contribution < -0.4 is 0 Å². The molecule has 0 aliphatic rings. The minimum Gasteiger partial charge on any atom is -0.462 e. The van der Waals surface area contributed by atoms with Crippen LogP contribution in [0.25, 0.3) is 0 Å². The van der Waals surface area contributed by atoms with Crippen molar-refractivity contribution < 1.29 is 28.6 Å². The van der Waals surface area contributed by atoms with Crippen LogP contribution in [0.5, 0.6) is 0 Å². The van der Waals surface area contributed by atoms with E-state index in [-0.39, 0.29) is 31.1 Å². The molecular formula is C77H130O6. The second-order valence-electron chi connectivity index (χ2n) is 23.1. The molecule has 0 fully saturated rings. The van der Waals surface area contributed by atoms with Crippen molar-refractivity contribution in [3.05, 3.63) is 122 Å². The fourth-order valence-electron chi connectivity index (χ4n) is 9.67. The lowest BCUT2D eigenvalue weighted by atomic mass is 10.0. The van der Waals surface area contributed by atoms with Crippen molar-refractivity contribution in [2.45, 2.75) is 335 Å². The molecule has 474 valence electrons. The Morgan fingerprint density at radius 3 is 0.783 bits per heavy atom. The largest absolute Gasteiger partial charge is 0.462 e. The highest BCUT2D eigenvalue weighted by molar-refractivity contribution is 5.71. The van der Waals surface area contributed by atoms with Crippen LogP contribution in [0.2, 0.25) is 0 Å². The van der Waals surface area contributed by atoms with Crippen LogP contribution in [0.1, 0.15) is 329 Å². The van der Waals surface area contributed by atoms with E-state index in [0.717, 1.165) is 128 Å². The van der Waals surface area contributed by atoms with E-state index >= 15 is 0 Å². The lowest BCUT2D eigenvalue weighted by molar-refractivity contribution is -0.167. The summed E-state index contributed by atoms with van der Waals surface area (Å²) < 4.78 is 16.9. The Labute approximate surface area is 513 Å². The molecule has 0 saturated carbocycles. The molecule has 83 heavy (non-hydrogen) atoms. The van der Waals surface area contributed by atoms with Gasteiger partial charge in [-0.1, -0.05) is 303 Å². The topological polar surface area (TPSA) is 78.9 Å². The van der Waals surface area contributed by atoms with Gasteiger partial charge >= 0.3 is 17.9 Å². The molecule has 0 aliphatic carbocycles. The van der Waals surface area contributed by atoms with Crippen LogP contribution in [0.4, 0.5) is 0 Å². The number of allylic oxidation sites excluding steroid dienone is 20. The van der Waals surface area contributed by atoms with E-state index in [4.69, 9.17) is 14.2 Å². The van der Waals surface area contributed by atoms with Crippen LogP contribution in [-0.4, -0.2) is 37.2 Å². The van der Waals surface area contributed by atoms with Gasteiger partial charge in [-0.3, -0.25) is 14.4 Å². The molecule has 0 N–H and O–H groups in total. The van der Waals surface area contributed by atoms with Gasteiger partial charge in [-0.05, 0) is 128 Å². The van der Waals surface area contributed by atoms with Crippen LogP contribution in [-0.2, 0) is 28.6 Å². The van der Waals surface area contributed by atoms with Gasteiger partial charge in [0.1, 0.15) is 13.2 Å². The molecule has 0 aromatic rings. The Kier molecular flexibility index (Phi) is 66.7. The molecule has 6 nitrogen and oxygen atoms in total. The normalized spacial score (nSPS) is 12.9. The van der Waals surface area contributed by atoms with Crippen molar-refractivity contribution in [2.24, 2.45) is 0 Å². The lowest BCUT2D eigenvalue weighted by Gasteiger charge is -2.18. The maximum absolute atomic E-state index is 12.9. The zero-order valence-electron chi connectivity index (χ0n) is 54.4. The first-order chi connectivity index (χ1) is 41.0. The predicted octanol–water partition coefficient (Wildman–Crippen LogP) is 24.3. The molecule has 0 saturated heterocycles. The molecule has 1 atom stereocenters. The van der Waals surface area contributed by atoms with Crippen molar-refractivity contribution in [3.63, 3.8) is 0 Å². The zero-order valence-corrected chi connectivity index (χ0v) is 54.4. The van der Waals surface area contributed by atoms with Gasteiger partial charge in [0, 0.05) is 19.3 Å². The van der Waals surface area contributed by atoms with E-state index < -0.39 is 6.10 Å². The second kappa shape index (κ2) is 70.3. The Balaban J connectivity index is 4.27. The molecule has 0 heterocycles. The summed E-state index contributed by atoms with van der Waals surface area (Å²) in [5.74, 6) is -0.905. The average Bonchev–Trinajstić information content (AvgIpc) is 3.48. The summed E-state index contributed by atoms with van der Waals surface area (Å²) in [4.78, 5) is 38.4. The number of carbonyl (C=O) groups excluding carboxylic acids is 3. The van der Waals surface area contributed by atoms with Gasteiger partial charge < -0.3 is 14.2 Å². The summed E-state index contributed by atoms with van der Waals surface area (Å²) >= 11 is 0. The summed E-state index contributed by atoms with van der Waals surface area (Å²) in [5.41, 5.74) is 0. The first-order valence-electron chi connectivity index (χ1n) is 35.0. The minimum absolute atomic E-state index is 0.0879. The first-order valence-corrected chi connectivity index (χ1v) is 35.0. The summed E-state index contributed by atoms with van der Waals surface area (Å²) in [6.45, 7) is 6.48. The maximum Gasteiger partial charge on any atom is 0.306 e. The van der Waals surface area contributed by atoms with Crippen LogP contribution in [0.15, 0.2) is 122 Å². The molecule has 0 aromatic heterocycles. The predicted molar refractivity (Wildman–Crippen MR) is 362 cm³/mol. The van der Waals surface area contributed by atoms with Crippen LogP contribution in [0, 0.1) is 0 Å². The van der Waals surface area contributed by atoms with Crippen molar-refractivity contribution in [3.8, 4) is 0 Å². The third kappa shape index (κ3) is 68.5. The average molecular weight is 1150 g/mol. The van der Waals surface area contributed by atoms with Crippen molar-refractivity contribution in [2.75, 3.05) is 13.2 Å². The van der Waals surface area contributed by atoms with Crippen molar-refractivity contribution in [1.82, 2.24) is 0 Å². The highest BCUT2D eigenvalue weighted by Crippen LogP contribution is 2.16. The summed E-state index contributed by atoms with van der Waals surface area (Å²) in [6, 6.07) is 0. The van der Waals surface area contributed by atoms with Gasteiger partial charge in [0.25, 0.3) is 0 Å². The van der Waals surface area contributed by atoms with E-state index in [1.165, 1.54) is 161 Å². The molecular weight excluding hydrogens is 1020 g/mol. The Hall–Kier alpha value is -4.19. The number of hydrogen-bond donors (Lipinski definition) is 0. The van der Waals surface area contributed by atoms with E-state index in [1.807, 2.05) is 0 Å². The molecule has 0 aromatic carbocycles. The Bertz CT molecular complexity index is 1700. The van der Waals surface area contributed by atoms with Crippen LogP contribution >= 0.6 is 0 Å². The van der Waals surface area contributed by atoms with Crippen LogP contribution in [0.3, 0.4) is 0 Å². The molecule has 0 bridgehead atoms. The van der Waals surface area contributed by atoms with Crippen molar-refractivity contribution in [1.29, 1.82) is 0 Å². The summed E-state index contributed by atoms with van der Waals surface area (Å²) in [5, 5.41) is 0. The molecule has 0 aliphatic heterocycles. The Morgan fingerprint density at radius 1 is 0.253 bits per heavy atom. The van der Waals surface area contributed by atoms with Gasteiger partial charge in [0.05, 0.1) is 0 Å². The molecule has 1 unspecified atom stereocenters. The molecule has 0 radical (unpaired) electrons. The number of rotatable bonds is 63. The molecule has 6 heteroatoms. The van der Waals surface area contributed by atoms with Crippen molar-refractivity contribution >= 4 is 17.9 Å². The second-order valence-corrected chi connectivity index (χ2v) is 23.1. The van der Waals surface area contributed by atoms with E-state index in [2.05, 4.69) is 142 Å². The number of esters is 3. The van der Waals surface area contributed by atoms with Gasteiger partial charge in [-0.2, -0.15) is 0 Å². The number of hydrogen-bond acceptors (Lipinski definition) is 6. The summed E-state index contributed by atoms with van der Waals surface area (Å²) in [6.07, 6.45) is 98.0. The molecule has 0 amide bonds. The summed E-state index contributed by atoms with van der Waals surface area (Å²) in [7, 11) is 0. The third-order valence-corrected chi connectivity index (χ3v) is 14.9. The molecule has 0 spiro atoms. The smallest absolute Gasteiger partial charge is 0.306 e. The van der Waals surface area contributed by atoms with Gasteiger partial charge in [0.2, 0.25) is 0 Å². The fraction of sp³-hybridized carbons (Fsp3) is 0.701. The SMILES string of the molecule is CC/C=C\C/C=C\C/C=C\C/C=C\C/C=C\C/C=C\CCCCCCCCC(=O)OC(COC(=O)CCCCCCC/C=C\CCCC)COC(=O)CCCCCCCCCCCCCCCC/C=C\C/C=C\C/C=C\CCCCCCC. The van der Waals surface area contributed by atoms with Gasteiger partial charge in [-0.15, -0.1) is 0 Å². The number of carbonyl (C=O) groups is 3. The fourth-order valence-corrected chi connectivity index (χ4v) is 9.67. The highest BCUT2D eigenvalue weighted by Gasteiger charge is 2.19. The van der Waals surface area contributed by atoms with Gasteiger partial charge in [0.15, 0.2) is 6.10 Å². The lowest BCUT2D eigenvalue weighted by Crippen LogP contribution is -2.30. The standard InChI is InChI=1S/C77H130O6/c1-4-7-10-13-16-19-22-24-26-28-30-32-34-36-37-38-39-41-42-44-46-48-50-52-55-58-61-64-67-70-76(79)82-73-74(72-81-75(78)69-66-63-60-57-54-21-18-15-12-9-6-3)83-77(80)71-68-65-62-59-56-53-51-49-47-45-43-40-35-33-31-29-27-25-23-20-17-14-11-8-5-2/h8,11,15,17-18,20,22,24-25,27-28,30-31,33-34,36,40,43,47,49,74H,4-7,9-10,12-14,16,19,21,23,26,29,32,35,37-39,41-42,44-46,48,50-73H2,1-3H3/b11-8-,18-15-,20-17-,24-22-,27-25-,30-28-,33-31-,36-34-,43-40-,49-47-. The third-order valence-electron chi connectivity index (χ3n) is 14.9. The highest BCUT2D eigenvalue weighted by atomic mass is 16.6. The van der Waals surface area contributed by atoms with E-state index in [0.29, 0.717) is 19.3 Å². The zero-order chi connectivity index (χ0) is 59.9. The number of unbranched alkanes of at least 4 members (excludes halogenated alkanes) is 32. The quantitative estimate of drug-likeness (QED) is 0.0261. The van der Waals surface area contributed by atoms with E-state index in [9.17, 15) is 14.4 Å². The Morgan fingerprint density at radius 2 is 0.482 bits per heavy atom. The monoisotopic (exact) mass is 1150 g/mol. The van der Waals surface area contributed by atoms with E-state index in [1.54, 1.807) is 0 Å². The first kappa shape index (κ1) is 78.8. The minimum atomic E-state index is -0.794. The maximum atomic E-state index is 12.9. The number of ether oxygens (including phenoxy) is 3.